The molecule has 0 aliphatic carbocycles. The van der Waals surface area contributed by atoms with Gasteiger partial charge in [-0.3, -0.25) is 9.52 Å². The second-order valence-corrected chi connectivity index (χ2v) is 9.59. The maximum atomic E-state index is 12.7. The highest BCUT2D eigenvalue weighted by atomic mass is 32.2. The number of sulfonamides is 1. The van der Waals surface area contributed by atoms with Crippen LogP contribution >= 0.6 is 0 Å². The molecular weight excluding hydrogens is 460 g/mol. The zero-order valence-electron chi connectivity index (χ0n) is 18.9. The van der Waals surface area contributed by atoms with E-state index in [4.69, 9.17) is 5.73 Å². The van der Waals surface area contributed by atoms with Gasteiger partial charge in [0.1, 0.15) is 0 Å². The highest BCUT2D eigenvalue weighted by Gasteiger charge is 2.14. The first kappa shape index (κ1) is 23.8. The number of rotatable bonds is 9. The lowest BCUT2D eigenvalue weighted by Crippen LogP contribution is -2.14. The molecule has 0 fully saturated rings. The van der Waals surface area contributed by atoms with Gasteiger partial charge in [-0.25, -0.2) is 8.42 Å². The largest absolute Gasteiger partial charge is 0.399 e. The third-order valence-electron chi connectivity index (χ3n) is 5.35. The van der Waals surface area contributed by atoms with Gasteiger partial charge < -0.3 is 16.4 Å². The number of carbonyl (C=O) groups excluding carboxylic acids is 1. The Morgan fingerprint density at radius 1 is 0.743 bits per heavy atom. The molecular formula is C27H26N4O3S. The molecule has 0 saturated carbocycles. The van der Waals surface area contributed by atoms with Crippen molar-refractivity contribution in [2.24, 2.45) is 0 Å². The molecule has 0 aliphatic rings. The molecule has 1 amide bonds. The van der Waals surface area contributed by atoms with E-state index < -0.39 is 10.0 Å². The van der Waals surface area contributed by atoms with Crippen LogP contribution in [0.1, 0.15) is 15.9 Å². The predicted octanol–water partition coefficient (Wildman–Crippen LogP) is 4.98. The number of para-hydroxylation sites is 2. The van der Waals surface area contributed by atoms with E-state index in [-0.39, 0.29) is 10.8 Å². The Morgan fingerprint density at radius 2 is 1.43 bits per heavy atom. The molecule has 0 aromatic heterocycles. The molecule has 0 saturated heterocycles. The molecule has 7 nitrogen and oxygen atoms in total. The summed E-state index contributed by atoms with van der Waals surface area (Å²) in [7, 11) is -3.73. The summed E-state index contributed by atoms with van der Waals surface area (Å²) in [4.78, 5) is 12.8. The molecule has 0 spiro atoms. The fourth-order valence-electron chi connectivity index (χ4n) is 3.51. The maximum absolute atomic E-state index is 12.7. The van der Waals surface area contributed by atoms with Gasteiger partial charge in [0.15, 0.2) is 0 Å². The van der Waals surface area contributed by atoms with Gasteiger partial charge in [-0.15, -0.1) is 0 Å². The van der Waals surface area contributed by atoms with Gasteiger partial charge in [0.2, 0.25) is 0 Å². The Morgan fingerprint density at radius 3 is 2.17 bits per heavy atom. The summed E-state index contributed by atoms with van der Waals surface area (Å²) in [6.45, 7) is 0.673. The molecule has 178 valence electrons. The molecule has 0 radical (unpaired) electrons. The van der Waals surface area contributed by atoms with Crippen LogP contribution in [0.2, 0.25) is 0 Å². The van der Waals surface area contributed by atoms with Gasteiger partial charge in [0.25, 0.3) is 15.9 Å². The molecule has 0 unspecified atom stereocenters. The van der Waals surface area contributed by atoms with Gasteiger partial charge in [-0.1, -0.05) is 42.5 Å². The fourth-order valence-corrected chi connectivity index (χ4v) is 4.57. The third kappa shape index (κ3) is 6.39. The average Bonchev–Trinajstić information content (AvgIpc) is 2.86. The van der Waals surface area contributed by atoms with Crippen molar-refractivity contribution in [3.8, 4) is 0 Å². The first-order valence-corrected chi connectivity index (χ1v) is 12.6. The Hall–Kier alpha value is -4.30. The average molecular weight is 487 g/mol. The molecule has 4 aromatic rings. The minimum atomic E-state index is -3.73. The van der Waals surface area contributed by atoms with Gasteiger partial charge in [-0.2, -0.15) is 0 Å². The monoisotopic (exact) mass is 486 g/mol. The van der Waals surface area contributed by atoms with Gasteiger partial charge in [-0.05, 0) is 72.6 Å². The number of nitrogens with two attached hydrogens (primary N) is 1. The lowest BCUT2D eigenvalue weighted by molar-refractivity contribution is 0.102. The van der Waals surface area contributed by atoms with E-state index in [1.807, 2.05) is 36.4 Å². The minimum absolute atomic E-state index is 0.101. The van der Waals surface area contributed by atoms with Crippen LogP contribution in [0.15, 0.2) is 108 Å². The van der Waals surface area contributed by atoms with Gasteiger partial charge in [0, 0.05) is 34.9 Å². The SMILES string of the molecule is Nc1ccccc1CCNc1cccc(C(=O)Nc2ccc(S(=O)(=O)Nc3ccccc3)cc2)c1. The van der Waals surface area contributed by atoms with Gasteiger partial charge in [0.05, 0.1) is 4.90 Å². The topological polar surface area (TPSA) is 113 Å². The van der Waals surface area contributed by atoms with E-state index in [1.165, 1.54) is 12.1 Å². The van der Waals surface area contributed by atoms with Crippen molar-refractivity contribution in [3.05, 3.63) is 114 Å². The Balaban J connectivity index is 1.36. The number of nitrogen functional groups attached to an aromatic ring is 1. The molecule has 0 bridgehead atoms. The van der Waals surface area contributed by atoms with Crippen LogP contribution in [0.25, 0.3) is 0 Å². The van der Waals surface area contributed by atoms with Gasteiger partial charge >= 0.3 is 0 Å². The van der Waals surface area contributed by atoms with Crippen LogP contribution in [-0.4, -0.2) is 20.9 Å². The zero-order chi connectivity index (χ0) is 24.7. The lowest BCUT2D eigenvalue weighted by Gasteiger charge is -2.11. The number of benzene rings is 4. The van der Waals surface area contributed by atoms with Crippen molar-refractivity contribution in [1.29, 1.82) is 0 Å². The van der Waals surface area contributed by atoms with Crippen molar-refractivity contribution >= 4 is 38.7 Å². The van der Waals surface area contributed by atoms with E-state index in [0.29, 0.717) is 23.5 Å². The number of hydrogen-bond donors (Lipinski definition) is 4. The standard InChI is InChI=1S/C27H26N4O3S/c28-26-12-5-4-7-20(26)17-18-29-24-11-6-8-21(19-24)27(32)30-22-13-15-25(16-14-22)35(33,34)31-23-9-2-1-3-10-23/h1-16,19,29,31H,17-18,28H2,(H,30,32). The van der Waals surface area contributed by atoms with Crippen molar-refractivity contribution in [2.45, 2.75) is 11.3 Å². The minimum Gasteiger partial charge on any atom is -0.399 e. The van der Waals surface area contributed by atoms with Crippen molar-refractivity contribution in [3.63, 3.8) is 0 Å². The summed E-state index contributed by atoms with van der Waals surface area (Å²) in [6.07, 6.45) is 0.761. The van der Waals surface area contributed by atoms with Crippen LogP contribution < -0.4 is 21.1 Å². The van der Waals surface area contributed by atoms with Crippen molar-refractivity contribution in [2.75, 3.05) is 27.6 Å². The Labute approximate surface area is 205 Å². The molecule has 4 aromatic carbocycles. The van der Waals surface area contributed by atoms with Crippen LogP contribution in [-0.2, 0) is 16.4 Å². The third-order valence-corrected chi connectivity index (χ3v) is 6.75. The van der Waals surface area contributed by atoms with E-state index in [9.17, 15) is 13.2 Å². The summed E-state index contributed by atoms with van der Waals surface area (Å²) in [5.74, 6) is -0.293. The highest BCUT2D eigenvalue weighted by molar-refractivity contribution is 7.92. The molecule has 0 atom stereocenters. The molecule has 5 N–H and O–H groups in total. The summed E-state index contributed by atoms with van der Waals surface area (Å²) < 4.78 is 27.7. The molecule has 8 heteroatoms. The van der Waals surface area contributed by atoms with Crippen LogP contribution in [0.5, 0.6) is 0 Å². The van der Waals surface area contributed by atoms with E-state index in [1.54, 1.807) is 54.6 Å². The quantitative estimate of drug-likeness (QED) is 0.249. The number of anilines is 4. The summed E-state index contributed by atoms with van der Waals surface area (Å²) in [6, 6.07) is 29.6. The zero-order valence-corrected chi connectivity index (χ0v) is 19.8. The van der Waals surface area contributed by atoms with E-state index in [0.717, 1.165) is 23.4 Å². The maximum Gasteiger partial charge on any atom is 0.261 e. The van der Waals surface area contributed by atoms with Crippen molar-refractivity contribution < 1.29 is 13.2 Å². The number of nitrogens with one attached hydrogen (secondary N) is 3. The first-order chi connectivity index (χ1) is 16.9. The Bertz CT molecular complexity index is 1410. The second kappa shape index (κ2) is 10.8. The molecule has 4 rings (SSSR count). The summed E-state index contributed by atoms with van der Waals surface area (Å²) in [5, 5.41) is 6.12. The predicted molar refractivity (Wildman–Crippen MR) is 141 cm³/mol. The lowest BCUT2D eigenvalue weighted by atomic mass is 10.1. The smallest absolute Gasteiger partial charge is 0.261 e. The first-order valence-electron chi connectivity index (χ1n) is 11.1. The molecule has 35 heavy (non-hydrogen) atoms. The van der Waals surface area contributed by atoms with E-state index >= 15 is 0 Å². The number of carbonyl (C=O) groups is 1. The van der Waals surface area contributed by atoms with Crippen LogP contribution in [0.4, 0.5) is 22.7 Å². The second-order valence-electron chi connectivity index (χ2n) is 7.91. The summed E-state index contributed by atoms with van der Waals surface area (Å²) in [5.41, 5.74) is 10.1. The number of amides is 1. The van der Waals surface area contributed by atoms with Crippen LogP contribution in [0.3, 0.4) is 0 Å². The molecule has 0 aliphatic heterocycles. The Kier molecular flexibility index (Phi) is 7.32. The molecule has 0 heterocycles. The van der Waals surface area contributed by atoms with E-state index in [2.05, 4.69) is 15.4 Å². The highest BCUT2D eigenvalue weighted by Crippen LogP contribution is 2.19. The number of hydrogen-bond acceptors (Lipinski definition) is 5. The normalized spacial score (nSPS) is 11.0. The fraction of sp³-hybridized carbons (Fsp3) is 0.0741. The van der Waals surface area contributed by atoms with Crippen LogP contribution in [0, 0.1) is 0 Å². The van der Waals surface area contributed by atoms with Crippen molar-refractivity contribution in [1.82, 2.24) is 0 Å². The summed E-state index contributed by atoms with van der Waals surface area (Å²) >= 11 is 0.